The fourth-order valence-corrected chi connectivity index (χ4v) is 3.62. The molecule has 1 aliphatic heterocycles. The van der Waals surface area contributed by atoms with Gasteiger partial charge in [0, 0.05) is 12.1 Å². The molecular formula is C24H21F4NO2. The maximum atomic E-state index is 13.1. The van der Waals surface area contributed by atoms with Crippen molar-refractivity contribution in [2.24, 2.45) is 0 Å². The molecule has 3 nitrogen and oxygen atoms in total. The molecule has 31 heavy (non-hydrogen) atoms. The molecule has 0 bridgehead atoms. The molecule has 1 heterocycles. The van der Waals surface area contributed by atoms with Crippen LogP contribution >= 0.6 is 0 Å². The van der Waals surface area contributed by atoms with Crippen molar-refractivity contribution in [2.75, 3.05) is 13.2 Å². The summed E-state index contributed by atoms with van der Waals surface area (Å²) in [6, 6.07) is 19.6. The topological polar surface area (TPSA) is 30.5 Å². The summed E-state index contributed by atoms with van der Waals surface area (Å²) < 4.78 is 60.9. The minimum atomic E-state index is -4.53. The van der Waals surface area contributed by atoms with Crippen LogP contribution in [0.25, 0.3) is 22.3 Å². The summed E-state index contributed by atoms with van der Waals surface area (Å²) >= 11 is 0. The van der Waals surface area contributed by atoms with Crippen LogP contribution in [-0.2, 0) is 4.74 Å². The predicted octanol–water partition coefficient (Wildman–Crippen LogP) is 6.18. The van der Waals surface area contributed by atoms with Crippen molar-refractivity contribution in [3.63, 3.8) is 0 Å². The van der Waals surface area contributed by atoms with Crippen LogP contribution < -0.4 is 10.1 Å². The van der Waals surface area contributed by atoms with E-state index < -0.39 is 12.5 Å². The number of rotatable bonds is 6. The number of alkyl halides is 4. The molecule has 3 aromatic rings. The van der Waals surface area contributed by atoms with Gasteiger partial charge in [0.25, 0.3) is 0 Å². The van der Waals surface area contributed by atoms with Gasteiger partial charge in [-0.1, -0.05) is 48.5 Å². The highest BCUT2D eigenvalue weighted by Crippen LogP contribution is 2.36. The molecule has 0 saturated carbocycles. The van der Waals surface area contributed by atoms with Gasteiger partial charge in [0.15, 0.2) is 0 Å². The Morgan fingerprint density at radius 1 is 0.968 bits per heavy atom. The zero-order valence-electron chi connectivity index (χ0n) is 16.7. The molecule has 1 atom stereocenters. The van der Waals surface area contributed by atoms with Crippen LogP contribution in [0.4, 0.5) is 17.6 Å². The van der Waals surface area contributed by atoms with Crippen LogP contribution in [0.3, 0.4) is 0 Å². The van der Waals surface area contributed by atoms with Gasteiger partial charge in [-0.05, 0) is 52.9 Å². The Balaban J connectivity index is 1.69. The van der Waals surface area contributed by atoms with Gasteiger partial charge in [0.05, 0.1) is 6.61 Å². The number of hydrogen-bond acceptors (Lipinski definition) is 3. The van der Waals surface area contributed by atoms with Crippen molar-refractivity contribution in [3.05, 3.63) is 77.9 Å². The molecule has 1 aliphatic rings. The molecule has 3 aromatic carbocycles. The van der Waals surface area contributed by atoms with Crippen LogP contribution in [0, 0.1) is 6.92 Å². The molecule has 1 fully saturated rings. The summed E-state index contributed by atoms with van der Waals surface area (Å²) in [5.41, 5.74) is 5.78. The van der Waals surface area contributed by atoms with E-state index >= 15 is 0 Å². The first-order valence-electron chi connectivity index (χ1n) is 9.85. The van der Waals surface area contributed by atoms with Gasteiger partial charge in [-0.3, -0.25) is 5.32 Å². The zero-order valence-corrected chi connectivity index (χ0v) is 16.7. The smallest absolute Gasteiger partial charge is 0.428 e. The Labute approximate surface area is 177 Å². The van der Waals surface area contributed by atoms with Crippen molar-refractivity contribution in [2.45, 2.75) is 25.7 Å². The van der Waals surface area contributed by atoms with Gasteiger partial charge in [-0.25, -0.2) is 0 Å². The average Bonchev–Trinajstić information content (AvgIpc) is 3.29. The average molecular weight is 431 g/mol. The van der Waals surface area contributed by atoms with Gasteiger partial charge < -0.3 is 9.47 Å². The monoisotopic (exact) mass is 431 g/mol. The van der Waals surface area contributed by atoms with Gasteiger partial charge in [-0.15, -0.1) is 0 Å². The highest BCUT2D eigenvalue weighted by molar-refractivity contribution is 5.77. The maximum absolute atomic E-state index is 13.1. The van der Waals surface area contributed by atoms with Crippen LogP contribution in [0.5, 0.6) is 5.75 Å². The standard InChI is InChI=1S/C24H21F4NO2/c1-15-4-2-3-5-19(15)21-14-17(8-11-20(21)22-29-12-13-30-22)16-6-9-18(10-7-16)31-24(27,28)23(25)26/h2-11,14,22-23,29H,12-13H2,1H3. The van der Waals surface area contributed by atoms with Gasteiger partial charge >= 0.3 is 12.5 Å². The fourth-order valence-electron chi connectivity index (χ4n) is 3.62. The molecule has 0 radical (unpaired) electrons. The minimum Gasteiger partial charge on any atom is -0.428 e. The quantitative estimate of drug-likeness (QED) is 0.473. The van der Waals surface area contributed by atoms with Crippen molar-refractivity contribution in [3.8, 4) is 28.0 Å². The van der Waals surface area contributed by atoms with Crippen molar-refractivity contribution >= 4 is 0 Å². The first-order valence-corrected chi connectivity index (χ1v) is 9.85. The highest BCUT2D eigenvalue weighted by Gasteiger charge is 2.43. The normalized spacial score (nSPS) is 16.6. The molecule has 0 aromatic heterocycles. The van der Waals surface area contributed by atoms with Gasteiger partial charge in [0.1, 0.15) is 12.0 Å². The van der Waals surface area contributed by atoms with E-state index in [0.717, 1.165) is 39.9 Å². The van der Waals surface area contributed by atoms with Gasteiger partial charge in [-0.2, -0.15) is 17.6 Å². The van der Waals surface area contributed by atoms with E-state index in [2.05, 4.69) is 10.1 Å². The molecule has 0 amide bonds. The zero-order chi connectivity index (χ0) is 22.0. The number of halogens is 4. The second-order valence-electron chi connectivity index (χ2n) is 7.31. The number of hydrogen-bond donors (Lipinski definition) is 1. The maximum Gasteiger partial charge on any atom is 0.461 e. The Morgan fingerprint density at radius 3 is 2.32 bits per heavy atom. The molecule has 0 spiro atoms. The molecule has 1 unspecified atom stereocenters. The van der Waals surface area contributed by atoms with Crippen molar-refractivity contribution < 1.29 is 27.0 Å². The number of ether oxygens (including phenoxy) is 2. The summed E-state index contributed by atoms with van der Waals surface area (Å²) in [6.45, 7) is 3.43. The first-order chi connectivity index (χ1) is 14.8. The minimum absolute atomic E-state index is 0.212. The van der Waals surface area contributed by atoms with E-state index in [-0.39, 0.29) is 12.0 Å². The van der Waals surface area contributed by atoms with Crippen molar-refractivity contribution in [1.29, 1.82) is 0 Å². The molecule has 4 rings (SSSR count). The Morgan fingerprint density at radius 2 is 1.68 bits per heavy atom. The third-order valence-corrected chi connectivity index (χ3v) is 5.18. The summed E-state index contributed by atoms with van der Waals surface area (Å²) in [5.74, 6) is -0.326. The van der Waals surface area contributed by atoms with Crippen LogP contribution in [-0.4, -0.2) is 25.7 Å². The number of nitrogens with one attached hydrogen (secondary N) is 1. The summed E-state index contributed by atoms with van der Waals surface area (Å²) in [5, 5.41) is 3.33. The van der Waals surface area contributed by atoms with E-state index in [1.807, 2.05) is 49.4 Å². The molecule has 0 aliphatic carbocycles. The lowest BCUT2D eigenvalue weighted by atomic mass is 9.91. The van der Waals surface area contributed by atoms with E-state index in [1.165, 1.54) is 12.1 Å². The third kappa shape index (κ3) is 4.57. The Kier molecular flexibility index (Phi) is 5.98. The summed E-state index contributed by atoms with van der Waals surface area (Å²) in [7, 11) is 0. The molecule has 162 valence electrons. The lowest BCUT2D eigenvalue weighted by molar-refractivity contribution is -0.253. The largest absolute Gasteiger partial charge is 0.461 e. The SMILES string of the molecule is Cc1ccccc1-c1cc(-c2ccc(OC(F)(F)C(F)F)cc2)ccc1C1NCCO1. The van der Waals surface area contributed by atoms with E-state index in [1.54, 1.807) is 12.1 Å². The van der Waals surface area contributed by atoms with E-state index in [0.29, 0.717) is 6.61 Å². The van der Waals surface area contributed by atoms with E-state index in [4.69, 9.17) is 4.74 Å². The molecular weight excluding hydrogens is 410 g/mol. The van der Waals surface area contributed by atoms with E-state index in [9.17, 15) is 17.6 Å². The second-order valence-corrected chi connectivity index (χ2v) is 7.31. The molecule has 7 heteroatoms. The van der Waals surface area contributed by atoms with Crippen LogP contribution in [0.2, 0.25) is 0 Å². The Hall–Kier alpha value is -2.90. The third-order valence-electron chi connectivity index (χ3n) is 5.18. The summed E-state index contributed by atoms with van der Waals surface area (Å²) in [6.07, 6.45) is -8.64. The van der Waals surface area contributed by atoms with Gasteiger partial charge in [0.2, 0.25) is 0 Å². The lowest BCUT2D eigenvalue weighted by Gasteiger charge is -2.19. The van der Waals surface area contributed by atoms with Crippen molar-refractivity contribution in [1.82, 2.24) is 5.32 Å². The first kappa shape index (κ1) is 21.3. The fraction of sp³-hybridized carbons (Fsp3) is 0.250. The van der Waals surface area contributed by atoms with Crippen LogP contribution in [0.15, 0.2) is 66.7 Å². The van der Waals surface area contributed by atoms with Crippen LogP contribution in [0.1, 0.15) is 17.4 Å². The molecule has 1 N–H and O–H groups in total. The highest BCUT2D eigenvalue weighted by atomic mass is 19.3. The number of benzene rings is 3. The second kappa shape index (κ2) is 8.69. The number of aryl methyl sites for hydroxylation is 1. The lowest BCUT2D eigenvalue weighted by Crippen LogP contribution is -2.33. The summed E-state index contributed by atoms with van der Waals surface area (Å²) in [4.78, 5) is 0. The molecule has 1 saturated heterocycles. The predicted molar refractivity (Wildman–Crippen MR) is 110 cm³/mol. The Bertz CT molecular complexity index is 1050.